The van der Waals surface area contributed by atoms with Gasteiger partial charge in [-0.15, -0.1) is 0 Å². The van der Waals surface area contributed by atoms with E-state index in [1.54, 1.807) is 13.8 Å². The molecular weight excluding hydrogens is 206 g/mol. The summed E-state index contributed by atoms with van der Waals surface area (Å²) in [6.45, 7) is 3.89. The standard InChI is InChI=1S/C11H19N3O2/c1-3-11(2,8-12)10(16)14-7-5-4-6-9(13)15/h3-7H2,1-2H3,(H2,13,15)(H,14,16). The number of primary amides is 1. The van der Waals surface area contributed by atoms with E-state index in [-0.39, 0.29) is 11.8 Å². The van der Waals surface area contributed by atoms with E-state index in [0.29, 0.717) is 32.2 Å². The Morgan fingerprint density at radius 3 is 2.50 bits per heavy atom. The van der Waals surface area contributed by atoms with E-state index in [2.05, 4.69) is 5.32 Å². The van der Waals surface area contributed by atoms with Crippen LogP contribution in [0.15, 0.2) is 0 Å². The number of carbonyl (C=O) groups excluding carboxylic acids is 2. The summed E-state index contributed by atoms with van der Waals surface area (Å²) < 4.78 is 0. The molecule has 90 valence electrons. The smallest absolute Gasteiger partial charge is 0.240 e. The van der Waals surface area contributed by atoms with Gasteiger partial charge in [-0.2, -0.15) is 5.26 Å². The number of unbranched alkanes of at least 4 members (excludes halogenated alkanes) is 1. The molecule has 2 amide bonds. The van der Waals surface area contributed by atoms with Crippen LogP contribution in [-0.4, -0.2) is 18.4 Å². The molecule has 0 aliphatic rings. The first kappa shape index (κ1) is 14.4. The normalized spacial score (nSPS) is 13.6. The largest absolute Gasteiger partial charge is 0.370 e. The summed E-state index contributed by atoms with van der Waals surface area (Å²) in [5.74, 6) is -0.585. The number of hydrogen-bond donors (Lipinski definition) is 2. The van der Waals surface area contributed by atoms with Crippen LogP contribution in [0.1, 0.15) is 39.5 Å². The average Bonchev–Trinajstić information content (AvgIpc) is 2.26. The van der Waals surface area contributed by atoms with E-state index >= 15 is 0 Å². The van der Waals surface area contributed by atoms with Crippen LogP contribution in [-0.2, 0) is 9.59 Å². The van der Waals surface area contributed by atoms with Crippen molar-refractivity contribution in [1.82, 2.24) is 5.32 Å². The summed E-state index contributed by atoms with van der Waals surface area (Å²) in [7, 11) is 0. The molecule has 0 saturated heterocycles. The van der Waals surface area contributed by atoms with Gasteiger partial charge in [-0.05, 0) is 26.2 Å². The van der Waals surface area contributed by atoms with Crippen LogP contribution in [0.25, 0.3) is 0 Å². The molecule has 0 radical (unpaired) electrons. The Morgan fingerprint density at radius 2 is 2.06 bits per heavy atom. The quantitative estimate of drug-likeness (QED) is 0.624. The highest BCUT2D eigenvalue weighted by Crippen LogP contribution is 2.19. The number of amides is 2. The van der Waals surface area contributed by atoms with Crippen molar-refractivity contribution in [2.75, 3.05) is 6.54 Å². The van der Waals surface area contributed by atoms with Crippen LogP contribution in [0.2, 0.25) is 0 Å². The maximum atomic E-state index is 11.6. The lowest BCUT2D eigenvalue weighted by Gasteiger charge is -2.18. The minimum Gasteiger partial charge on any atom is -0.370 e. The number of hydrogen-bond acceptors (Lipinski definition) is 3. The SMILES string of the molecule is CCC(C)(C#N)C(=O)NCCCCC(N)=O. The number of carbonyl (C=O) groups is 2. The van der Waals surface area contributed by atoms with Crippen molar-refractivity contribution in [3.63, 3.8) is 0 Å². The van der Waals surface area contributed by atoms with Crippen molar-refractivity contribution in [3.8, 4) is 6.07 Å². The molecule has 5 heteroatoms. The number of nitrogens with zero attached hydrogens (tertiary/aromatic N) is 1. The zero-order valence-electron chi connectivity index (χ0n) is 9.88. The molecular formula is C11H19N3O2. The Morgan fingerprint density at radius 1 is 1.44 bits per heavy atom. The lowest BCUT2D eigenvalue weighted by atomic mass is 9.88. The van der Waals surface area contributed by atoms with Crippen molar-refractivity contribution < 1.29 is 9.59 Å². The summed E-state index contributed by atoms with van der Waals surface area (Å²) >= 11 is 0. The molecule has 1 atom stereocenters. The number of nitrogens with two attached hydrogens (primary N) is 1. The van der Waals surface area contributed by atoms with E-state index in [4.69, 9.17) is 11.0 Å². The van der Waals surface area contributed by atoms with Crippen molar-refractivity contribution in [2.24, 2.45) is 11.1 Å². The van der Waals surface area contributed by atoms with Gasteiger partial charge in [-0.1, -0.05) is 6.92 Å². The zero-order chi connectivity index (χ0) is 12.6. The van der Waals surface area contributed by atoms with Crippen molar-refractivity contribution >= 4 is 11.8 Å². The third kappa shape index (κ3) is 4.78. The summed E-state index contributed by atoms with van der Waals surface area (Å²) in [5.41, 5.74) is 4.02. The Hall–Kier alpha value is -1.57. The predicted octanol–water partition coefficient (Wildman–Crippen LogP) is 0.698. The molecule has 5 nitrogen and oxygen atoms in total. The number of rotatable bonds is 7. The Balaban J connectivity index is 3.82. The minimum absolute atomic E-state index is 0.253. The first-order valence-corrected chi connectivity index (χ1v) is 5.44. The van der Waals surface area contributed by atoms with E-state index in [1.165, 1.54) is 0 Å². The van der Waals surface area contributed by atoms with Gasteiger partial charge in [0.05, 0.1) is 6.07 Å². The second-order valence-corrected chi connectivity index (χ2v) is 3.98. The second kappa shape index (κ2) is 6.83. The zero-order valence-corrected chi connectivity index (χ0v) is 9.88. The Bertz CT molecular complexity index is 296. The van der Waals surface area contributed by atoms with Gasteiger partial charge >= 0.3 is 0 Å². The molecule has 0 aromatic rings. The summed E-state index contributed by atoms with van der Waals surface area (Å²) in [5, 5.41) is 11.5. The first-order valence-electron chi connectivity index (χ1n) is 5.44. The van der Waals surface area contributed by atoms with Gasteiger partial charge < -0.3 is 11.1 Å². The molecule has 0 aliphatic carbocycles. The van der Waals surface area contributed by atoms with Gasteiger partial charge in [0, 0.05) is 13.0 Å². The molecule has 0 aliphatic heterocycles. The molecule has 0 bridgehead atoms. The van der Waals surface area contributed by atoms with Crippen LogP contribution < -0.4 is 11.1 Å². The highest BCUT2D eigenvalue weighted by Gasteiger charge is 2.30. The minimum atomic E-state index is -0.955. The second-order valence-electron chi connectivity index (χ2n) is 3.98. The van der Waals surface area contributed by atoms with Crippen LogP contribution in [0.3, 0.4) is 0 Å². The topological polar surface area (TPSA) is 96.0 Å². The van der Waals surface area contributed by atoms with E-state index in [1.807, 2.05) is 6.07 Å². The van der Waals surface area contributed by atoms with Gasteiger partial charge in [-0.25, -0.2) is 0 Å². The lowest BCUT2D eigenvalue weighted by molar-refractivity contribution is -0.127. The van der Waals surface area contributed by atoms with Crippen molar-refractivity contribution in [1.29, 1.82) is 5.26 Å². The maximum absolute atomic E-state index is 11.6. The predicted molar refractivity (Wildman–Crippen MR) is 60.1 cm³/mol. The van der Waals surface area contributed by atoms with Gasteiger partial charge in [0.25, 0.3) is 0 Å². The fourth-order valence-electron chi connectivity index (χ4n) is 1.11. The maximum Gasteiger partial charge on any atom is 0.240 e. The fraction of sp³-hybridized carbons (Fsp3) is 0.727. The van der Waals surface area contributed by atoms with Crippen LogP contribution in [0, 0.1) is 16.7 Å². The third-order valence-corrected chi connectivity index (χ3v) is 2.59. The Labute approximate surface area is 96.0 Å². The van der Waals surface area contributed by atoms with E-state index in [9.17, 15) is 9.59 Å². The van der Waals surface area contributed by atoms with E-state index < -0.39 is 5.41 Å². The van der Waals surface area contributed by atoms with Crippen LogP contribution in [0.4, 0.5) is 0 Å². The molecule has 0 saturated carbocycles. The summed E-state index contributed by atoms with van der Waals surface area (Å²) in [6, 6.07) is 2.00. The van der Waals surface area contributed by atoms with Crippen LogP contribution in [0.5, 0.6) is 0 Å². The van der Waals surface area contributed by atoms with E-state index in [0.717, 1.165) is 0 Å². The molecule has 0 aromatic carbocycles. The van der Waals surface area contributed by atoms with Gasteiger partial charge in [-0.3, -0.25) is 9.59 Å². The number of nitriles is 1. The van der Waals surface area contributed by atoms with Crippen LogP contribution >= 0.6 is 0 Å². The van der Waals surface area contributed by atoms with Gasteiger partial charge in [0.2, 0.25) is 11.8 Å². The molecule has 0 aromatic heterocycles. The fourth-order valence-corrected chi connectivity index (χ4v) is 1.11. The molecule has 0 heterocycles. The molecule has 3 N–H and O–H groups in total. The number of nitrogens with one attached hydrogen (secondary N) is 1. The molecule has 16 heavy (non-hydrogen) atoms. The lowest BCUT2D eigenvalue weighted by Crippen LogP contribution is -2.38. The van der Waals surface area contributed by atoms with Crippen molar-refractivity contribution in [3.05, 3.63) is 0 Å². The molecule has 0 rings (SSSR count). The average molecular weight is 225 g/mol. The first-order chi connectivity index (χ1) is 7.46. The third-order valence-electron chi connectivity index (χ3n) is 2.59. The molecule has 0 fully saturated rings. The van der Waals surface area contributed by atoms with Gasteiger partial charge in [0.15, 0.2) is 0 Å². The monoisotopic (exact) mass is 225 g/mol. The highest BCUT2D eigenvalue weighted by molar-refractivity contribution is 5.84. The molecule has 0 spiro atoms. The summed E-state index contributed by atoms with van der Waals surface area (Å²) in [4.78, 5) is 22.0. The summed E-state index contributed by atoms with van der Waals surface area (Å²) in [6.07, 6.45) is 2.17. The highest BCUT2D eigenvalue weighted by atomic mass is 16.2. The Kier molecular flexibility index (Phi) is 6.16. The molecule has 1 unspecified atom stereocenters. The van der Waals surface area contributed by atoms with Gasteiger partial charge in [0.1, 0.15) is 5.41 Å². The van der Waals surface area contributed by atoms with Crippen molar-refractivity contribution in [2.45, 2.75) is 39.5 Å².